The van der Waals surface area contributed by atoms with Crippen LogP contribution in [0.1, 0.15) is 61.1 Å². The van der Waals surface area contributed by atoms with E-state index >= 15 is 0 Å². The minimum absolute atomic E-state index is 0.0387. The number of anilines is 1. The van der Waals surface area contributed by atoms with Gasteiger partial charge in [0, 0.05) is 42.1 Å². The van der Waals surface area contributed by atoms with Crippen LogP contribution in [0.4, 0.5) is 5.69 Å². The van der Waals surface area contributed by atoms with Gasteiger partial charge in [0.2, 0.25) is 0 Å². The molecule has 1 aliphatic heterocycles. The van der Waals surface area contributed by atoms with Gasteiger partial charge in [0.05, 0.1) is 12.8 Å². The second kappa shape index (κ2) is 10.2. The third-order valence-electron chi connectivity index (χ3n) is 7.80. The molecule has 2 heterocycles. The van der Waals surface area contributed by atoms with Gasteiger partial charge in [-0.15, -0.1) is 0 Å². The SMILES string of the molecule is COc1ccc(-n2nc(S(C)(=O)=O)c3c2C(=O)N(c2ccc(C(C)(C)CNC4CCCC4)cc2)CC3)cc1. The van der Waals surface area contributed by atoms with Crippen molar-refractivity contribution in [2.75, 3.05) is 31.4 Å². The maximum Gasteiger partial charge on any atom is 0.277 e. The van der Waals surface area contributed by atoms with E-state index in [1.54, 1.807) is 36.3 Å². The fourth-order valence-electron chi connectivity index (χ4n) is 5.51. The number of amides is 1. The standard InChI is InChI=1S/C29H36N4O4S/c1-29(2,19-30-21-7-5-6-8-21)20-9-11-22(12-10-20)32-18-17-25-26(28(32)34)33(31-27(25)38(4,35)36)23-13-15-24(37-3)16-14-23/h9-16,21,30H,5-8,17-19H2,1-4H3. The van der Waals surface area contributed by atoms with Gasteiger partial charge in [0.15, 0.2) is 14.9 Å². The average Bonchev–Trinajstić information content (AvgIpc) is 3.56. The third kappa shape index (κ3) is 5.09. The minimum atomic E-state index is -3.62. The first-order valence-corrected chi connectivity index (χ1v) is 15.1. The number of carbonyl (C=O) groups excluding carboxylic acids is 1. The van der Waals surface area contributed by atoms with E-state index in [1.807, 2.05) is 12.1 Å². The van der Waals surface area contributed by atoms with Gasteiger partial charge in [0.1, 0.15) is 11.4 Å². The van der Waals surface area contributed by atoms with E-state index in [2.05, 4.69) is 36.4 Å². The fourth-order valence-corrected chi connectivity index (χ4v) is 6.38. The lowest BCUT2D eigenvalue weighted by Gasteiger charge is -2.30. The summed E-state index contributed by atoms with van der Waals surface area (Å²) in [5, 5.41) is 8.09. The molecule has 202 valence electrons. The molecule has 0 bridgehead atoms. The molecule has 0 radical (unpaired) electrons. The predicted molar refractivity (Wildman–Crippen MR) is 148 cm³/mol. The highest BCUT2D eigenvalue weighted by atomic mass is 32.2. The summed E-state index contributed by atoms with van der Waals surface area (Å²) in [6, 6.07) is 15.8. The van der Waals surface area contributed by atoms with Crippen molar-refractivity contribution in [1.29, 1.82) is 0 Å². The molecule has 2 aliphatic rings. The van der Waals surface area contributed by atoms with Gasteiger partial charge in [-0.05, 0) is 61.2 Å². The topological polar surface area (TPSA) is 93.5 Å². The molecule has 1 aliphatic carbocycles. The van der Waals surface area contributed by atoms with E-state index in [1.165, 1.54) is 35.9 Å². The molecule has 1 fully saturated rings. The predicted octanol–water partition coefficient (Wildman–Crippen LogP) is 4.30. The number of fused-ring (bicyclic) bond motifs is 1. The largest absolute Gasteiger partial charge is 0.497 e. The van der Waals surface area contributed by atoms with E-state index in [-0.39, 0.29) is 22.0 Å². The second-order valence-corrected chi connectivity index (χ2v) is 12.9. The number of sulfone groups is 1. The number of hydrogen-bond acceptors (Lipinski definition) is 6. The Balaban J connectivity index is 1.43. The monoisotopic (exact) mass is 536 g/mol. The van der Waals surface area contributed by atoms with Crippen molar-refractivity contribution in [2.24, 2.45) is 0 Å². The lowest BCUT2D eigenvalue weighted by atomic mass is 9.84. The maximum absolute atomic E-state index is 13.8. The molecule has 0 saturated heterocycles. The first-order valence-electron chi connectivity index (χ1n) is 13.2. The number of benzene rings is 2. The number of ether oxygens (including phenoxy) is 1. The van der Waals surface area contributed by atoms with E-state index in [0.717, 1.165) is 18.5 Å². The van der Waals surface area contributed by atoms with Gasteiger partial charge >= 0.3 is 0 Å². The fraction of sp³-hybridized carbons (Fsp3) is 0.448. The summed E-state index contributed by atoms with van der Waals surface area (Å²) in [5.74, 6) is 0.395. The molecule has 0 unspecified atom stereocenters. The molecule has 1 saturated carbocycles. The van der Waals surface area contributed by atoms with Crippen molar-refractivity contribution < 1.29 is 17.9 Å². The van der Waals surface area contributed by atoms with E-state index in [0.29, 0.717) is 36.0 Å². The minimum Gasteiger partial charge on any atom is -0.497 e. The molecular formula is C29H36N4O4S. The summed E-state index contributed by atoms with van der Waals surface area (Å²) in [5.41, 5.74) is 3.30. The maximum atomic E-state index is 13.8. The molecule has 1 N–H and O–H groups in total. The summed E-state index contributed by atoms with van der Waals surface area (Å²) in [6.07, 6.45) is 6.65. The van der Waals surface area contributed by atoms with Crippen LogP contribution in [0.5, 0.6) is 5.75 Å². The number of aromatic nitrogens is 2. The van der Waals surface area contributed by atoms with Gasteiger partial charge in [-0.2, -0.15) is 5.10 Å². The zero-order valence-electron chi connectivity index (χ0n) is 22.5. The Bertz CT molecular complexity index is 1420. The zero-order chi connectivity index (χ0) is 27.1. The molecule has 1 aromatic heterocycles. The number of rotatable bonds is 8. The van der Waals surface area contributed by atoms with Crippen LogP contribution in [0, 0.1) is 0 Å². The Labute approximate surface area is 224 Å². The summed E-state index contributed by atoms with van der Waals surface area (Å²) < 4.78 is 31.8. The summed E-state index contributed by atoms with van der Waals surface area (Å²) in [4.78, 5) is 15.6. The number of nitrogens with one attached hydrogen (secondary N) is 1. The van der Waals surface area contributed by atoms with Gasteiger partial charge in [-0.25, -0.2) is 13.1 Å². The molecule has 9 heteroatoms. The smallest absolute Gasteiger partial charge is 0.277 e. The zero-order valence-corrected chi connectivity index (χ0v) is 23.3. The third-order valence-corrected chi connectivity index (χ3v) is 8.83. The first-order chi connectivity index (χ1) is 18.1. The Hall–Kier alpha value is -3.17. The Morgan fingerprint density at radius 3 is 2.26 bits per heavy atom. The molecule has 5 rings (SSSR count). The van der Waals surface area contributed by atoms with Crippen molar-refractivity contribution in [3.63, 3.8) is 0 Å². The molecule has 0 atom stereocenters. The van der Waals surface area contributed by atoms with Crippen molar-refractivity contribution in [2.45, 2.75) is 62.4 Å². The Kier molecular flexibility index (Phi) is 7.09. The highest BCUT2D eigenvalue weighted by Crippen LogP contribution is 2.32. The summed E-state index contributed by atoms with van der Waals surface area (Å²) >= 11 is 0. The van der Waals surface area contributed by atoms with Crippen LogP contribution in [-0.4, -0.2) is 56.6 Å². The molecule has 2 aromatic carbocycles. The summed E-state index contributed by atoms with van der Waals surface area (Å²) in [6.45, 7) is 5.76. The second-order valence-electron chi connectivity index (χ2n) is 11.0. The van der Waals surface area contributed by atoms with Crippen LogP contribution in [0.25, 0.3) is 5.69 Å². The quantitative estimate of drug-likeness (QED) is 0.462. The van der Waals surface area contributed by atoms with Crippen molar-refractivity contribution in [1.82, 2.24) is 15.1 Å². The normalized spacial score (nSPS) is 16.6. The van der Waals surface area contributed by atoms with E-state index < -0.39 is 9.84 Å². The lowest BCUT2D eigenvalue weighted by molar-refractivity contribution is 0.0973. The molecule has 38 heavy (non-hydrogen) atoms. The van der Waals surface area contributed by atoms with Crippen LogP contribution in [0.2, 0.25) is 0 Å². The first kappa shape index (κ1) is 26.4. The van der Waals surface area contributed by atoms with Crippen molar-refractivity contribution in [3.05, 3.63) is 65.4 Å². The van der Waals surface area contributed by atoms with Gasteiger partial charge in [-0.3, -0.25) is 4.79 Å². The van der Waals surface area contributed by atoms with Crippen molar-refractivity contribution in [3.8, 4) is 11.4 Å². The molecule has 3 aromatic rings. The van der Waals surface area contributed by atoms with Crippen LogP contribution >= 0.6 is 0 Å². The van der Waals surface area contributed by atoms with E-state index in [9.17, 15) is 13.2 Å². The number of carbonyl (C=O) groups is 1. The Morgan fingerprint density at radius 2 is 1.66 bits per heavy atom. The average molecular weight is 537 g/mol. The molecule has 0 spiro atoms. The molecular weight excluding hydrogens is 500 g/mol. The highest BCUT2D eigenvalue weighted by Gasteiger charge is 2.36. The number of hydrogen-bond donors (Lipinski definition) is 1. The van der Waals surface area contributed by atoms with Gasteiger partial charge in [0.25, 0.3) is 5.91 Å². The Morgan fingerprint density at radius 1 is 1.03 bits per heavy atom. The van der Waals surface area contributed by atoms with Crippen LogP contribution in [-0.2, 0) is 21.7 Å². The molecule has 1 amide bonds. The van der Waals surface area contributed by atoms with Crippen molar-refractivity contribution >= 4 is 21.4 Å². The van der Waals surface area contributed by atoms with Gasteiger partial charge < -0.3 is 15.0 Å². The van der Waals surface area contributed by atoms with Crippen LogP contribution in [0.15, 0.2) is 53.6 Å². The summed E-state index contributed by atoms with van der Waals surface area (Å²) in [7, 11) is -2.04. The number of methoxy groups -OCH3 is 1. The van der Waals surface area contributed by atoms with Crippen LogP contribution in [0.3, 0.4) is 0 Å². The van der Waals surface area contributed by atoms with E-state index in [4.69, 9.17) is 4.74 Å². The number of nitrogens with zero attached hydrogens (tertiary/aromatic N) is 3. The lowest BCUT2D eigenvalue weighted by Crippen LogP contribution is -2.39. The van der Waals surface area contributed by atoms with Gasteiger partial charge in [-0.1, -0.05) is 38.8 Å². The highest BCUT2D eigenvalue weighted by molar-refractivity contribution is 7.90. The van der Waals surface area contributed by atoms with Crippen LogP contribution < -0.4 is 15.0 Å². The molecule has 8 nitrogen and oxygen atoms in total.